The van der Waals surface area contributed by atoms with Crippen LogP contribution in [0, 0.1) is 5.82 Å². The highest BCUT2D eigenvalue weighted by atomic mass is 19.1. The Hall–Kier alpha value is -1.91. The zero-order valence-corrected chi connectivity index (χ0v) is 12.9. The molecule has 1 amide bonds. The van der Waals surface area contributed by atoms with Gasteiger partial charge in [-0.05, 0) is 33.3 Å². The molecule has 0 N–H and O–H groups in total. The number of rotatable bonds is 5. The van der Waals surface area contributed by atoms with Gasteiger partial charge in [0.2, 0.25) is 0 Å². The van der Waals surface area contributed by atoms with Gasteiger partial charge in [0.1, 0.15) is 23.7 Å². The van der Waals surface area contributed by atoms with Crippen molar-refractivity contribution in [3.8, 4) is 0 Å². The molecule has 0 heterocycles. The predicted octanol–water partition coefficient (Wildman–Crippen LogP) is 3.71. The standard InChI is InChI=1S/C16H22FNO3/c1-5-10-18(15(20)21-16(2,3)4)14(11-19)12-8-6-7-9-13(12)17/h6-9,11,14H,5,10H2,1-4H3. The first-order chi connectivity index (χ1) is 9.80. The van der Waals surface area contributed by atoms with E-state index in [9.17, 15) is 14.0 Å². The summed E-state index contributed by atoms with van der Waals surface area (Å²) < 4.78 is 19.2. The molecular formula is C16H22FNO3. The predicted molar refractivity (Wildman–Crippen MR) is 78.4 cm³/mol. The second kappa shape index (κ2) is 7.20. The molecule has 0 radical (unpaired) electrons. The highest BCUT2D eigenvalue weighted by Crippen LogP contribution is 2.24. The van der Waals surface area contributed by atoms with Crippen molar-refractivity contribution in [2.24, 2.45) is 0 Å². The molecule has 5 heteroatoms. The molecule has 4 nitrogen and oxygen atoms in total. The van der Waals surface area contributed by atoms with Crippen LogP contribution in [0.25, 0.3) is 0 Å². The average Bonchev–Trinajstić information content (AvgIpc) is 2.38. The number of aldehydes is 1. The van der Waals surface area contributed by atoms with Gasteiger partial charge in [-0.15, -0.1) is 0 Å². The largest absolute Gasteiger partial charge is 0.444 e. The van der Waals surface area contributed by atoms with Crippen LogP contribution in [0.15, 0.2) is 24.3 Å². The first-order valence-corrected chi connectivity index (χ1v) is 6.99. The van der Waals surface area contributed by atoms with Crippen LogP contribution < -0.4 is 0 Å². The third-order valence-electron chi connectivity index (χ3n) is 2.78. The molecule has 0 bridgehead atoms. The lowest BCUT2D eigenvalue weighted by atomic mass is 10.1. The molecular weight excluding hydrogens is 273 g/mol. The third-order valence-corrected chi connectivity index (χ3v) is 2.78. The summed E-state index contributed by atoms with van der Waals surface area (Å²) in [6.07, 6.45) is 0.584. The van der Waals surface area contributed by atoms with Crippen molar-refractivity contribution in [2.45, 2.75) is 45.8 Å². The average molecular weight is 295 g/mol. The molecule has 0 aromatic heterocycles. The molecule has 0 aliphatic heterocycles. The zero-order valence-electron chi connectivity index (χ0n) is 12.9. The minimum Gasteiger partial charge on any atom is -0.444 e. The fourth-order valence-corrected chi connectivity index (χ4v) is 1.94. The van der Waals surface area contributed by atoms with Crippen molar-refractivity contribution in [3.63, 3.8) is 0 Å². The number of nitrogens with zero attached hydrogens (tertiary/aromatic N) is 1. The summed E-state index contributed by atoms with van der Waals surface area (Å²) in [5.41, 5.74) is -0.502. The van der Waals surface area contributed by atoms with E-state index in [1.54, 1.807) is 32.9 Å². The van der Waals surface area contributed by atoms with Gasteiger partial charge in [0.15, 0.2) is 0 Å². The first kappa shape index (κ1) is 17.1. The maximum Gasteiger partial charge on any atom is 0.411 e. The number of amides is 1. The van der Waals surface area contributed by atoms with E-state index in [1.165, 1.54) is 17.0 Å². The highest BCUT2D eigenvalue weighted by Gasteiger charge is 2.30. The summed E-state index contributed by atoms with van der Waals surface area (Å²) in [5.74, 6) is -0.515. The molecule has 1 aromatic rings. The Morgan fingerprint density at radius 2 is 2.00 bits per heavy atom. The number of hydrogen-bond donors (Lipinski definition) is 0. The SMILES string of the molecule is CCCN(C(=O)OC(C)(C)C)C(C=O)c1ccccc1F. The molecule has 0 aliphatic rings. The maximum atomic E-state index is 13.9. The van der Waals surface area contributed by atoms with Gasteiger partial charge < -0.3 is 9.53 Å². The molecule has 1 rings (SSSR count). The van der Waals surface area contributed by atoms with Gasteiger partial charge in [-0.1, -0.05) is 25.1 Å². The van der Waals surface area contributed by atoms with E-state index in [0.717, 1.165) is 0 Å². The number of hydrogen-bond acceptors (Lipinski definition) is 3. The van der Waals surface area contributed by atoms with E-state index < -0.39 is 23.6 Å². The van der Waals surface area contributed by atoms with Crippen molar-refractivity contribution in [2.75, 3.05) is 6.54 Å². The maximum absolute atomic E-state index is 13.9. The minimum absolute atomic E-state index is 0.173. The van der Waals surface area contributed by atoms with Crippen LogP contribution in [0.5, 0.6) is 0 Å². The summed E-state index contributed by atoms with van der Waals surface area (Å²) >= 11 is 0. The van der Waals surface area contributed by atoms with E-state index in [1.807, 2.05) is 6.92 Å². The summed E-state index contributed by atoms with van der Waals surface area (Å²) in [4.78, 5) is 24.9. The Labute approximate surface area is 124 Å². The van der Waals surface area contributed by atoms with Crippen LogP contribution in [0.4, 0.5) is 9.18 Å². The quantitative estimate of drug-likeness (QED) is 0.778. The van der Waals surface area contributed by atoms with Gasteiger partial charge in [0.25, 0.3) is 0 Å². The molecule has 0 saturated carbocycles. The summed E-state index contributed by atoms with van der Waals surface area (Å²) in [7, 11) is 0. The zero-order chi connectivity index (χ0) is 16.0. The molecule has 0 aliphatic carbocycles. The van der Waals surface area contributed by atoms with Crippen LogP contribution in [-0.4, -0.2) is 29.4 Å². The Kier molecular flexibility index (Phi) is 5.88. The second-order valence-electron chi connectivity index (χ2n) is 5.78. The molecule has 1 unspecified atom stereocenters. The van der Waals surface area contributed by atoms with Crippen molar-refractivity contribution >= 4 is 12.4 Å². The third kappa shape index (κ3) is 4.85. The fourth-order valence-electron chi connectivity index (χ4n) is 1.94. The lowest BCUT2D eigenvalue weighted by molar-refractivity contribution is -0.112. The highest BCUT2D eigenvalue weighted by molar-refractivity contribution is 5.75. The van der Waals surface area contributed by atoms with Crippen LogP contribution in [-0.2, 0) is 9.53 Å². The van der Waals surface area contributed by atoms with Gasteiger partial charge in [-0.2, -0.15) is 0 Å². The van der Waals surface area contributed by atoms with Gasteiger partial charge in [-0.3, -0.25) is 4.90 Å². The normalized spacial score (nSPS) is 12.6. The number of carbonyl (C=O) groups excluding carboxylic acids is 2. The van der Waals surface area contributed by atoms with Crippen molar-refractivity contribution < 1.29 is 18.7 Å². The van der Waals surface area contributed by atoms with Gasteiger partial charge >= 0.3 is 6.09 Å². The lowest BCUT2D eigenvalue weighted by Gasteiger charge is -2.31. The van der Waals surface area contributed by atoms with E-state index in [-0.39, 0.29) is 5.56 Å². The topological polar surface area (TPSA) is 46.6 Å². The first-order valence-electron chi connectivity index (χ1n) is 6.99. The molecule has 116 valence electrons. The Balaban J connectivity index is 3.09. The van der Waals surface area contributed by atoms with E-state index in [2.05, 4.69) is 0 Å². The van der Waals surface area contributed by atoms with Gasteiger partial charge in [0.05, 0.1) is 0 Å². The molecule has 0 spiro atoms. The van der Waals surface area contributed by atoms with Gasteiger partial charge in [0, 0.05) is 12.1 Å². The smallest absolute Gasteiger partial charge is 0.411 e. The number of ether oxygens (including phenoxy) is 1. The van der Waals surface area contributed by atoms with Crippen molar-refractivity contribution in [3.05, 3.63) is 35.6 Å². The van der Waals surface area contributed by atoms with Crippen molar-refractivity contribution in [1.29, 1.82) is 0 Å². The monoisotopic (exact) mass is 295 g/mol. The van der Waals surface area contributed by atoms with Gasteiger partial charge in [-0.25, -0.2) is 9.18 Å². The molecule has 0 saturated heterocycles. The Morgan fingerprint density at radius 3 is 2.48 bits per heavy atom. The van der Waals surface area contributed by atoms with Crippen molar-refractivity contribution in [1.82, 2.24) is 4.90 Å². The van der Waals surface area contributed by atoms with E-state index >= 15 is 0 Å². The second-order valence-corrected chi connectivity index (χ2v) is 5.78. The lowest BCUT2D eigenvalue weighted by Crippen LogP contribution is -2.40. The Bertz CT molecular complexity index is 497. The number of benzene rings is 1. The fraction of sp³-hybridized carbons (Fsp3) is 0.500. The van der Waals surface area contributed by atoms with Crippen LogP contribution in [0.2, 0.25) is 0 Å². The van der Waals surface area contributed by atoms with Crippen LogP contribution in [0.3, 0.4) is 0 Å². The Morgan fingerprint density at radius 1 is 1.38 bits per heavy atom. The van der Waals surface area contributed by atoms with E-state index in [0.29, 0.717) is 19.3 Å². The summed E-state index contributed by atoms with van der Waals surface area (Å²) in [6.45, 7) is 7.42. The molecule has 21 heavy (non-hydrogen) atoms. The summed E-state index contributed by atoms with van der Waals surface area (Å²) in [6, 6.07) is 4.96. The van der Waals surface area contributed by atoms with Crippen LogP contribution >= 0.6 is 0 Å². The molecule has 1 atom stereocenters. The van der Waals surface area contributed by atoms with Crippen LogP contribution in [0.1, 0.15) is 45.7 Å². The summed E-state index contributed by atoms with van der Waals surface area (Å²) in [5, 5.41) is 0. The molecule has 0 fully saturated rings. The molecule has 1 aromatic carbocycles. The minimum atomic E-state index is -0.985. The van der Waals surface area contributed by atoms with E-state index in [4.69, 9.17) is 4.74 Å². The number of carbonyl (C=O) groups is 2. The number of halogens is 1.